The summed E-state index contributed by atoms with van der Waals surface area (Å²) in [6.45, 7) is 6.33. The maximum Gasteiger partial charge on any atom is 0.243 e. The van der Waals surface area contributed by atoms with E-state index >= 15 is 0 Å². The maximum absolute atomic E-state index is 12.1. The Morgan fingerprint density at radius 2 is 2.00 bits per heavy atom. The van der Waals surface area contributed by atoms with Gasteiger partial charge in [0, 0.05) is 48.0 Å². The molecule has 1 saturated carbocycles. The fourth-order valence-corrected chi connectivity index (χ4v) is 4.05. The van der Waals surface area contributed by atoms with Crippen molar-refractivity contribution in [3.05, 3.63) is 0 Å². The number of carbonyl (C=O) groups excluding carboxylic acids is 1. The molecule has 0 aromatic carbocycles. The van der Waals surface area contributed by atoms with Gasteiger partial charge in [0.1, 0.15) is 6.54 Å². The van der Waals surface area contributed by atoms with Crippen LogP contribution in [0.2, 0.25) is 0 Å². The molecular formula is C17H35IN4O2S. The molecule has 0 heterocycles. The standard InChI is InChI=1S/C17H34N4O2S.HI/c1-6-13(3)19-17(18-12-16(22)21(4)5)20-14-9-8-10-15(11-14)24(23)7-2;/h13-15H,6-12H2,1-5H3,(H2,18,19,20);1H. The minimum Gasteiger partial charge on any atom is -0.354 e. The number of nitrogens with zero attached hydrogens (tertiary/aromatic N) is 2. The Hall–Kier alpha value is -0.380. The molecule has 25 heavy (non-hydrogen) atoms. The summed E-state index contributed by atoms with van der Waals surface area (Å²) in [5, 5.41) is 7.09. The molecule has 1 aliphatic rings. The van der Waals surface area contributed by atoms with Gasteiger partial charge in [-0.1, -0.05) is 20.3 Å². The molecule has 1 amide bonds. The molecule has 6 nitrogen and oxygen atoms in total. The predicted octanol–water partition coefficient (Wildman–Crippen LogP) is 2.11. The number of likely N-dealkylation sites (N-methyl/N-ethyl adjacent to an activating group) is 1. The van der Waals surface area contributed by atoms with E-state index in [1.807, 2.05) is 6.92 Å². The van der Waals surface area contributed by atoms with Gasteiger partial charge in [-0.25, -0.2) is 4.99 Å². The van der Waals surface area contributed by atoms with Crippen molar-refractivity contribution in [3.8, 4) is 0 Å². The highest BCUT2D eigenvalue weighted by Gasteiger charge is 2.26. The molecule has 0 bridgehead atoms. The van der Waals surface area contributed by atoms with Crippen molar-refractivity contribution in [2.45, 2.75) is 70.2 Å². The Morgan fingerprint density at radius 1 is 1.32 bits per heavy atom. The van der Waals surface area contributed by atoms with Crippen molar-refractivity contribution in [2.24, 2.45) is 4.99 Å². The zero-order chi connectivity index (χ0) is 18.1. The molecule has 4 unspecified atom stereocenters. The molecule has 0 aromatic heterocycles. The van der Waals surface area contributed by atoms with E-state index in [4.69, 9.17) is 0 Å². The van der Waals surface area contributed by atoms with Crippen molar-refractivity contribution in [1.82, 2.24) is 15.5 Å². The summed E-state index contributed by atoms with van der Waals surface area (Å²) in [7, 11) is 2.73. The summed E-state index contributed by atoms with van der Waals surface area (Å²) < 4.78 is 12.1. The number of amides is 1. The van der Waals surface area contributed by atoms with E-state index in [2.05, 4.69) is 29.5 Å². The summed E-state index contributed by atoms with van der Waals surface area (Å²) in [4.78, 5) is 17.8. The van der Waals surface area contributed by atoms with Crippen LogP contribution in [0.25, 0.3) is 0 Å². The smallest absolute Gasteiger partial charge is 0.243 e. The highest BCUT2D eigenvalue weighted by Crippen LogP contribution is 2.23. The Morgan fingerprint density at radius 3 is 2.56 bits per heavy atom. The van der Waals surface area contributed by atoms with Gasteiger partial charge in [-0.15, -0.1) is 24.0 Å². The fourth-order valence-electron chi connectivity index (χ4n) is 2.70. The summed E-state index contributed by atoms with van der Waals surface area (Å²) in [5.41, 5.74) is 0. The number of guanidine groups is 1. The molecule has 4 atom stereocenters. The van der Waals surface area contributed by atoms with E-state index in [-0.39, 0.29) is 53.8 Å². The van der Waals surface area contributed by atoms with Gasteiger partial charge in [-0.05, 0) is 32.6 Å². The third-order valence-electron chi connectivity index (χ3n) is 4.49. The first kappa shape index (κ1) is 24.6. The second-order valence-corrected chi connectivity index (χ2v) is 8.71. The molecule has 0 spiro atoms. The molecule has 8 heteroatoms. The number of carbonyl (C=O) groups is 1. The van der Waals surface area contributed by atoms with Gasteiger partial charge in [0.05, 0.1) is 0 Å². The van der Waals surface area contributed by atoms with Crippen LogP contribution in [0.5, 0.6) is 0 Å². The third-order valence-corrected chi connectivity index (χ3v) is 6.23. The average Bonchev–Trinajstić information content (AvgIpc) is 2.58. The lowest BCUT2D eigenvalue weighted by atomic mass is 9.95. The van der Waals surface area contributed by atoms with Gasteiger partial charge in [0.25, 0.3) is 0 Å². The zero-order valence-corrected chi connectivity index (χ0v) is 19.4. The Kier molecular flexibility index (Phi) is 12.7. The van der Waals surface area contributed by atoms with Crippen LogP contribution >= 0.6 is 24.0 Å². The van der Waals surface area contributed by atoms with Gasteiger partial charge < -0.3 is 15.5 Å². The lowest BCUT2D eigenvalue weighted by Gasteiger charge is -2.31. The first-order valence-electron chi connectivity index (χ1n) is 9.02. The van der Waals surface area contributed by atoms with Gasteiger partial charge in [0.2, 0.25) is 5.91 Å². The minimum atomic E-state index is -0.740. The van der Waals surface area contributed by atoms with E-state index in [1.54, 1.807) is 19.0 Å². The van der Waals surface area contributed by atoms with Gasteiger partial charge in [-0.3, -0.25) is 9.00 Å². The van der Waals surface area contributed by atoms with Crippen LogP contribution in [0.15, 0.2) is 4.99 Å². The number of hydrogen-bond donors (Lipinski definition) is 2. The lowest BCUT2D eigenvalue weighted by molar-refractivity contribution is -0.127. The van der Waals surface area contributed by atoms with E-state index in [0.717, 1.165) is 37.9 Å². The monoisotopic (exact) mass is 486 g/mol. The van der Waals surface area contributed by atoms with E-state index in [9.17, 15) is 9.00 Å². The largest absolute Gasteiger partial charge is 0.354 e. The molecule has 0 radical (unpaired) electrons. The quantitative estimate of drug-likeness (QED) is 0.329. The molecule has 2 N–H and O–H groups in total. The van der Waals surface area contributed by atoms with Gasteiger partial charge in [0.15, 0.2) is 5.96 Å². The predicted molar refractivity (Wildman–Crippen MR) is 117 cm³/mol. The van der Waals surface area contributed by atoms with Crippen LogP contribution in [0, 0.1) is 0 Å². The first-order chi connectivity index (χ1) is 11.4. The zero-order valence-electron chi connectivity index (χ0n) is 16.2. The van der Waals surface area contributed by atoms with Crippen molar-refractivity contribution < 1.29 is 9.00 Å². The summed E-state index contributed by atoms with van der Waals surface area (Å²) in [6.07, 6.45) is 5.07. The molecule has 0 aliphatic heterocycles. The highest BCUT2D eigenvalue weighted by molar-refractivity contribution is 14.0. The Balaban J connectivity index is 0.00000576. The van der Waals surface area contributed by atoms with Gasteiger partial charge >= 0.3 is 0 Å². The number of rotatable bonds is 7. The maximum atomic E-state index is 12.1. The second kappa shape index (κ2) is 12.9. The Labute approximate surface area is 172 Å². The number of halogens is 1. The topological polar surface area (TPSA) is 73.8 Å². The van der Waals surface area contributed by atoms with Crippen molar-refractivity contribution in [1.29, 1.82) is 0 Å². The van der Waals surface area contributed by atoms with Crippen molar-refractivity contribution in [3.63, 3.8) is 0 Å². The molecule has 1 aliphatic carbocycles. The summed E-state index contributed by atoms with van der Waals surface area (Å²) >= 11 is 0. The molecular weight excluding hydrogens is 451 g/mol. The average molecular weight is 486 g/mol. The molecule has 1 fully saturated rings. The van der Waals surface area contributed by atoms with E-state index < -0.39 is 10.8 Å². The van der Waals surface area contributed by atoms with Crippen LogP contribution in [-0.4, -0.2) is 64.7 Å². The highest BCUT2D eigenvalue weighted by atomic mass is 127. The number of hydrogen-bond acceptors (Lipinski definition) is 3. The Bertz CT molecular complexity index is 460. The van der Waals surface area contributed by atoms with Crippen LogP contribution in [-0.2, 0) is 15.6 Å². The van der Waals surface area contributed by atoms with Crippen molar-refractivity contribution in [2.75, 3.05) is 26.4 Å². The molecule has 1 rings (SSSR count). The third kappa shape index (κ3) is 9.21. The van der Waals surface area contributed by atoms with E-state index in [1.165, 1.54) is 0 Å². The molecule has 0 aromatic rings. The first-order valence-corrected chi connectivity index (χ1v) is 10.4. The van der Waals surface area contributed by atoms with Gasteiger partial charge in [-0.2, -0.15) is 0 Å². The van der Waals surface area contributed by atoms with Crippen LogP contribution < -0.4 is 10.6 Å². The van der Waals surface area contributed by atoms with E-state index in [0.29, 0.717) is 5.96 Å². The summed E-state index contributed by atoms with van der Waals surface area (Å²) in [5.74, 6) is 1.39. The molecule has 148 valence electrons. The second-order valence-electron chi connectivity index (χ2n) is 6.71. The number of nitrogens with one attached hydrogen (secondary N) is 2. The van der Waals surface area contributed by atoms with Crippen LogP contribution in [0.1, 0.15) is 52.9 Å². The normalized spacial score (nSPS) is 23.2. The van der Waals surface area contributed by atoms with Crippen molar-refractivity contribution >= 4 is 46.6 Å². The fraction of sp³-hybridized carbons (Fsp3) is 0.882. The number of aliphatic imine (C=N–C) groups is 1. The lowest BCUT2D eigenvalue weighted by Crippen LogP contribution is -2.49. The SMILES string of the molecule is CCC(C)NC(=NCC(=O)N(C)C)NC1CCCC(S(=O)CC)C1.I. The van der Waals surface area contributed by atoms with Crippen LogP contribution in [0.3, 0.4) is 0 Å². The minimum absolute atomic E-state index is 0. The van der Waals surface area contributed by atoms with Crippen LogP contribution in [0.4, 0.5) is 0 Å². The molecule has 0 saturated heterocycles. The summed E-state index contributed by atoms with van der Waals surface area (Å²) in [6, 6.07) is 0.555.